The summed E-state index contributed by atoms with van der Waals surface area (Å²) in [7, 11) is 0. The lowest BCUT2D eigenvalue weighted by atomic mass is 9.96. The Balaban J connectivity index is 1.59. The minimum Gasteiger partial charge on any atom is -0.345 e. The molecule has 1 aliphatic heterocycles. The third kappa shape index (κ3) is 8.03. The van der Waals surface area contributed by atoms with Crippen LogP contribution in [0.4, 0.5) is 0 Å². The highest BCUT2D eigenvalue weighted by molar-refractivity contribution is 5.93. The third-order valence-corrected chi connectivity index (χ3v) is 6.82. The highest BCUT2D eigenvalue weighted by Gasteiger charge is 2.27. The van der Waals surface area contributed by atoms with Gasteiger partial charge in [0.15, 0.2) is 5.78 Å². The first-order chi connectivity index (χ1) is 17.0. The second kappa shape index (κ2) is 13.8. The van der Waals surface area contributed by atoms with Crippen LogP contribution in [0, 0.1) is 0 Å². The molecular weight excluding hydrogens is 438 g/mol. The van der Waals surface area contributed by atoms with Crippen LogP contribution in [0.1, 0.15) is 63.4 Å². The van der Waals surface area contributed by atoms with Crippen LogP contribution < -0.4 is 11.1 Å². The number of rotatable bonds is 14. The molecule has 3 N–H and O–H groups in total. The van der Waals surface area contributed by atoms with Crippen LogP contribution in [0.2, 0.25) is 0 Å². The number of ketones is 1. The molecule has 1 aliphatic rings. The van der Waals surface area contributed by atoms with Gasteiger partial charge in [-0.25, -0.2) is 0 Å². The number of benzene rings is 2. The molecular formula is C29H39N3O3. The van der Waals surface area contributed by atoms with Crippen molar-refractivity contribution in [2.24, 2.45) is 5.73 Å². The average molecular weight is 478 g/mol. The largest absolute Gasteiger partial charge is 0.345 e. The second-order valence-corrected chi connectivity index (χ2v) is 9.49. The van der Waals surface area contributed by atoms with E-state index in [0.717, 1.165) is 68.0 Å². The third-order valence-electron chi connectivity index (χ3n) is 6.82. The van der Waals surface area contributed by atoms with E-state index in [-0.39, 0.29) is 18.1 Å². The molecule has 1 fully saturated rings. The lowest BCUT2D eigenvalue weighted by Gasteiger charge is -2.22. The van der Waals surface area contributed by atoms with E-state index in [4.69, 9.17) is 5.73 Å². The predicted octanol–water partition coefficient (Wildman–Crippen LogP) is 4.30. The van der Waals surface area contributed by atoms with Crippen LogP contribution in [-0.2, 0) is 20.8 Å². The number of likely N-dealkylation sites (tertiary alicyclic amines) is 1. The standard InChI is InChI=1S/C29H39N3O3/c1-2-3-4-5-6-16-26(31-29(35)25(30)21-28(34)32-19-9-10-20-32)27(33)18-17-23-14-11-13-22-12-7-8-15-24(22)23/h2,7-8,11-15,25-26H,1,3-6,9-10,16-21,30H2,(H,31,35)/t25-,26-/m0/s1. The quantitative estimate of drug-likeness (QED) is 0.313. The van der Waals surface area contributed by atoms with Gasteiger partial charge in [-0.1, -0.05) is 61.4 Å². The van der Waals surface area contributed by atoms with E-state index in [1.165, 1.54) is 0 Å². The molecule has 0 saturated carbocycles. The van der Waals surface area contributed by atoms with Gasteiger partial charge >= 0.3 is 0 Å². The van der Waals surface area contributed by atoms with Crippen molar-refractivity contribution in [1.29, 1.82) is 0 Å². The van der Waals surface area contributed by atoms with Gasteiger partial charge in [-0.05, 0) is 54.9 Å². The maximum atomic E-state index is 13.2. The minimum atomic E-state index is -0.947. The molecule has 3 rings (SSSR count). The first-order valence-corrected chi connectivity index (χ1v) is 12.9. The van der Waals surface area contributed by atoms with Crippen molar-refractivity contribution in [2.45, 2.75) is 76.3 Å². The summed E-state index contributed by atoms with van der Waals surface area (Å²) in [5.41, 5.74) is 7.20. The first kappa shape index (κ1) is 26.6. The number of amides is 2. The van der Waals surface area contributed by atoms with Crippen molar-refractivity contribution in [3.8, 4) is 0 Å². The number of carbonyl (C=O) groups excluding carboxylic acids is 3. The van der Waals surface area contributed by atoms with Crippen LogP contribution in [-0.4, -0.2) is 47.7 Å². The Hall–Kier alpha value is -2.99. The summed E-state index contributed by atoms with van der Waals surface area (Å²) in [5, 5.41) is 5.17. The molecule has 35 heavy (non-hydrogen) atoms. The Morgan fingerprint density at radius 3 is 2.54 bits per heavy atom. The predicted molar refractivity (Wildman–Crippen MR) is 141 cm³/mol. The zero-order chi connectivity index (χ0) is 25.0. The van der Waals surface area contributed by atoms with Gasteiger partial charge in [0.2, 0.25) is 11.8 Å². The lowest BCUT2D eigenvalue weighted by molar-refractivity contribution is -0.134. The maximum absolute atomic E-state index is 13.2. The van der Waals surface area contributed by atoms with Gasteiger partial charge in [0.1, 0.15) is 0 Å². The van der Waals surface area contributed by atoms with Crippen molar-refractivity contribution in [3.63, 3.8) is 0 Å². The number of hydrogen-bond acceptors (Lipinski definition) is 4. The molecule has 1 heterocycles. The number of nitrogens with zero attached hydrogens (tertiary/aromatic N) is 1. The van der Waals surface area contributed by atoms with Crippen LogP contribution in [0.25, 0.3) is 10.8 Å². The molecule has 1 saturated heterocycles. The summed E-state index contributed by atoms with van der Waals surface area (Å²) in [6, 6.07) is 12.7. The fraction of sp³-hybridized carbons (Fsp3) is 0.483. The van der Waals surface area contributed by atoms with Crippen LogP contribution in [0.15, 0.2) is 55.1 Å². The summed E-state index contributed by atoms with van der Waals surface area (Å²) in [6.07, 6.45) is 9.13. The van der Waals surface area contributed by atoms with E-state index in [0.29, 0.717) is 19.3 Å². The summed E-state index contributed by atoms with van der Waals surface area (Å²) in [5.74, 6) is -0.506. The molecule has 0 aromatic heterocycles. The normalized spacial score (nSPS) is 15.1. The van der Waals surface area contributed by atoms with Crippen molar-refractivity contribution in [3.05, 3.63) is 60.7 Å². The number of nitrogens with two attached hydrogens (primary N) is 1. The highest BCUT2D eigenvalue weighted by Crippen LogP contribution is 2.20. The van der Waals surface area contributed by atoms with E-state index < -0.39 is 18.0 Å². The fourth-order valence-corrected chi connectivity index (χ4v) is 4.73. The van der Waals surface area contributed by atoms with E-state index in [9.17, 15) is 14.4 Å². The van der Waals surface area contributed by atoms with E-state index >= 15 is 0 Å². The van der Waals surface area contributed by atoms with Crippen LogP contribution >= 0.6 is 0 Å². The number of Topliss-reactive ketones (excluding diaryl/α,β-unsaturated/α-hetero) is 1. The number of unbranched alkanes of at least 4 members (excludes halogenated alkanes) is 3. The van der Waals surface area contributed by atoms with Gasteiger partial charge in [0, 0.05) is 19.5 Å². The molecule has 2 amide bonds. The molecule has 0 spiro atoms. The summed E-state index contributed by atoms with van der Waals surface area (Å²) < 4.78 is 0. The number of nitrogens with one attached hydrogen (secondary N) is 1. The van der Waals surface area contributed by atoms with Crippen molar-refractivity contribution >= 4 is 28.4 Å². The Kier molecular flexibility index (Phi) is 10.5. The molecule has 0 unspecified atom stereocenters. The van der Waals surface area contributed by atoms with Gasteiger partial charge in [-0.15, -0.1) is 6.58 Å². The monoisotopic (exact) mass is 477 g/mol. The van der Waals surface area contributed by atoms with Gasteiger partial charge in [0.25, 0.3) is 0 Å². The highest BCUT2D eigenvalue weighted by atomic mass is 16.2. The van der Waals surface area contributed by atoms with Gasteiger partial charge in [0.05, 0.1) is 18.5 Å². The van der Waals surface area contributed by atoms with Crippen LogP contribution in [0.3, 0.4) is 0 Å². The van der Waals surface area contributed by atoms with Crippen molar-refractivity contribution in [2.75, 3.05) is 13.1 Å². The summed E-state index contributed by atoms with van der Waals surface area (Å²) >= 11 is 0. The molecule has 6 heteroatoms. The molecule has 2 aromatic carbocycles. The smallest absolute Gasteiger partial charge is 0.238 e. The molecule has 2 atom stereocenters. The lowest BCUT2D eigenvalue weighted by Crippen LogP contribution is -2.50. The summed E-state index contributed by atoms with van der Waals surface area (Å²) in [4.78, 5) is 40.2. The molecule has 0 aliphatic carbocycles. The molecule has 188 valence electrons. The zero-order valence-corrected chi connectivity index (χ0v) is 20.7. The minimum absolute atomic E-state index is 0.00748. The summed E-state index contributed by atoms with van der Waals surface area (Å²) in [6.45, 7) is 5.21. The second-order valence-electron chi connectivity index (χ2n) is 9.49. The molecule has 6 nitrogen and oxygen atoms in total. The van der Waals surface area contributed by atoms with E-state index in [1.54, 1.807) is 4.90 Å². The van der Waals surface area contributed by atoms with E-state index in [2.05, 4.69) is 36.2 Å². The molecule has 2 aromatic rings. The number of allylic oxidation sites excluding steroid dienone is 1. The number of hydrogen-bond donors (Lipinski definition) is 2. The average Bonchev–Trinajstić information content (AvgIpc) is 3.41. The van der Waals surface area contributed by atoms with Crippen LogP contribution in [0.5, 0.6) is 0 Å². The van der Waals surface area contributed by atoms with Gasteiger partial charge in [-0.3, -0.25) is 14.4 Å². The number of aryl methyl sites for hydroxylation is 1. The van der Waals surface area contributed by atoms with Gasteiger partial charge < -0.3 is 16.0 Å². The number of carbonyl (C=O) groups is 3. The first-order valence-electron chi connectivity index (χ1n) is 12.9. The zero-order valence-electron chi connectivity index (χ0n) is 20.7. The molecule has 0 radical (unpaired) electrons. The van der Waals surface area contributed by atoms with E-state index in [1.807, 2.05) is 24.3 Å². The Morgan fingerprint density at radius 1 is 1.03 bits per heavy atom. The topological polar surface area (TPSA) is 92.5 Å². The molecule has 0 bridgehead atoms. The Bertz CT molecular complexity index is 1010. The van der Waals surface area contributed by atoms with Gasteiger partial charge in [-0.2, -0.15) is 0 Å². The number of fused-ring (bicyclic) bond motifs is 1. The Labute approximate surface area is 208 Å². The Morgan fingerprint density at radius 2 is 1.77 bits per heavy atom. The maximum Gasteiger partial charge on any atom is 0.238 e. The SMILES string of the molecule is C=CCCCCC[C@H](NC(=O)[C@@H](N)CC(=O)N1CCCC1)C(=O)CCc1cccc2ccccc12. The fourth-order valence-electron chi connectivity index (χ4n) is 4.73. The van der Waals surface area contributed by atoms with Crippen molar-refractivity contribution in [1.82, 2.24) is 10.2 Å². The van der Waals surface area contributed by atoms with Crippen molar-refractivity contribution < 1.29 is 14.4 Å².